The van der Waals surface area contributed by atoms with E-state index in [0.29, 0.717) is 4.47 Å². The Morgan fingerprint density at radius 3 is 3.08 bits per heavy atom. The highest BCUT2D eigenvalue weighted by atomic mass is 35.5. The SMILES string of the molecule is Clc1ncc(CSCC2CNC2)s1. The van der Waals surface area contributed by atoms with E-state index in [0.717, 1.165) is 11.7 Å². The maximum Gasteiger partial charge on any atom is 0.183 e. The third-order valence-corrected chi connectivity index (χ3v) is 4.51. The van der Waals surface area contributed by atoms with Crippen molar-refractivity contribution in [3.63, 3.8) is 0 Å². The van der Waals surface area contributed by atoms with Crippen molar-refractivity contribution >= 4 is 34.7 Å². The van der Waals surface area contributed by atoms with Crippen molar-refractivity contribution in [2.75, 3.05) is 18.8 Å². The van der Waals surface area contributed by atoms with Gasteiger partial charge in [-0.05, 0) is 24.8 Å². The molecule has 1 fully saturated rings. The summed E-state index contributed by atoms with van der Waals surface area (Å²) in [5, 5.41) is 3.27. The Kier molecular flexibility index (Phi) is 3.49. The molecule has 1 aliphatic rings. The summed E-state index contributed by atoms with van der Waals surface area (Å²) in [5.41, 5.74) is 0. The minimum Gasteiger partial charge on any atom is -0.316 e. The molecule has 72 valence electrons. The van der Waals surface area contributed by atoms with Crippen molar-refractivity contribution in [3.8, 4) is 0 Å². The second-order valence-corrected chi connectivity index (χ2v) is 5.85. The van der Waals surface area contributed by atoms with Crippen LogP contribution < -0.4 is 5.32 Å². The molecular formula is C8H11ClN2S2. The molecule has 0 amide bonds. The Labute approximate surface area is 91.1 Å². The summed E-state index contributed by atoms with van der Waals surface area (Å²) in [6.45, 7) is 2.38. The summed E-state index contributed by atoms with van der Waals surface area (Å²) in [6, 6.07) is 0. The molecule has 1 aromatic heterocycles. The molecule has 5 heteroatoms. The molecule has 1 N–H and O–H groups in total. The lowest BCUT2D eigenvalue weighted by molar-refractivity contribution is 0.385. The molecule has 0 spiro atoms. The molecule has 0 unspecified atom stereocenters. The zero-order chi connectivity index (χ0) is 9.10. The smallest absolute Gasteiger partial charge is 0.183 e. The third-order valence-electron chi connectivity index (χ3n) is 1.99. The Morgan fingerprint density at radius 2 is 2.54 bits per heavy atom. The van der Waals surface area contributed by atoms with Gasteiger partial charge in [-0.2, -0.15) is 11.8 Å². The van der Waals surface area contributed by atoms with Gasteiger partial charge < -0.3 is 5.32 Å². The molecule has 0 aromatic carbocycles. The number of thiazole rings is 1. The van der Waals surface area contributed by atoms with Crippen molar-refractivity contribution in [2.24, 2.45) is 5.92 Å². The first-order valence-electron chi connectivity index (χ1n) is 4.23. The molecule has 2 rings (SSSR count). The maximum absolute atomic E-state index is 5.73. The summed E-state index contributed by atoms with van der Waals surface area (Å²) in [5.74, 6) is 3.19. The van der Waals surface area contributed by atoms with E-state index >= 15 is 0 Å². The minimum absolute atomic E-state index is 0.654. The topological polar surface area (TPSA) is 24.9 Å². The van der Waals surface area contributed by atoms with Crippen molar-refractivity contribution in [1.82, 2.24) is 10.3 Å². The van der Waals surface area contributed by atoms with Gasteiger partial charge in [0, 0.05) is 16.8 Å². The summed E-state index contributed by atoms with van der Waals surface area (Å²) in [6.07, 6.45) is 1.87. The molecule has 1 saturated heterocycles. The summed E-state index contributed by atoms with van der Waals surface area (Å²) < 4.78 is 0.654. The highest BCUT2D eigenvalue weighted by Crippen LogP contribution is 2.23. The minimum atomic E-state index is 0.654. The van der Waals surface area contributed by atoms with Crippen LogP contribution in [-0.2, 0) is 5.75 Å². The monoisotopic (exact) mass is 234 g/mol. The van der Waals surface area contributed by atoms with Crippen LogP contribution in [0.3, 0.4) is 0 Å². The van der Waals surface area contributed by atoms with E-state index in [2.05, 4.69) is 10.3 Å². The summed E-state index contributed by atoms with van der Waals surface area (Å²) in [4.78, 5) is 5.29. The van der Waals surface area contributed by atoms with Gasteiger partial charge in [0.05, 0.1) is 0 Å². The molecule has 0 atom stereocenters. The van der Waals surface area contributed by atoms with Gasteiger partial charge in [-0.15, -0.1) is 11.3 Å². The number of hydrogen-bond donors (Lipinski definition) is 1. The number of nitrogens with one attached hydrogen (secondary N) is 1. The van der Waals surface area contributed by atoms with Gasteiger partial charge in [0.1, 0.15) is 0 Å². The number of hydrogen-bond acceptors (Lipinski definition) is 4. The molecule has 0 bridgehead atoms. The van der Waals surface area contributed by atoms with Gasteiger partial charge in [0.25, 0.3) is 0 Å². The number of halogens is 1. The van der Waals surface area contributed by atoms with Gasteiger partial charge in [0.2, 0.25) is 0 Å². The number of rotatable bonds is 4. The van der Waals surface area contributed by atoms with E-state index in [1.54, 1.807) is 11.3 Å². The quantitative estimate of drug-likeness (QED) is 0.865. The highest BCUT2D eigenvalue weighted by Gasteiger charge is 2.16. The first-order valence-corrected chi connectivity index (χ1v) is 6.58. The van der Waals surface area contributed by atoms with Crippen LogP contribution in [0, 0.1) is 5.92 Å². The fraction of sp³-hybridized carbons (Fsp3) is 0.625. The van der Waals surface area contributed by atoms with Crippen LogP contribution in [0.1, 0.15) is 4.88 Å². The van der Waals surface area contributed by atoms with Gasteiger partial charge >= 0.3 is 0 Å². The van der Waals surface area contributed by atoms with E-state index in [9.17, 15) is 0 Å². The van der Waals surface area contributed by atoms with E-state index < -0.39 is 0 Å². The van der Waals surface area contributed by atoms with Gasteiger partial charge in [-0.1, -0.05) is 11.6 Å². The van der Waals surface area contributed by atoms with Crippen molar-refractivity contribution in [2.45, 2.75) is 5.75 Å². The average Bonchev–Trinajstić information content (AvgIpc) is 2.42. The second kappa shape index (κ2) is 4.64. The fourth-order valence-corrected chi connectivity index (χ4v) is 3.36. The molecular weight excluding hydrogens is 224 g/mol. The van der Waals surface area contributed by atoms with Gasteiger partial charge in [-0.25, -0.2) is 4.98 Å². The van der Waals surface area contributed by atoms with Crippen LogP contribution in [-0.4, -0.2) is 23.8 Å². The Balaban J connectivity index is 1.67. The van der Waals surface area contributed by atoms with E-state index in [1.165, 1.54) is 23.7 Å². The van der Waals surface area contributed by atoms with Gasteiger partial charge in [0.15, 0.2) is 4.47 Å². The number of nitrogens with zero attached hydrogens (tertiary/aromatic N) is 1. The Bertz CT molecular complexity index is 273. The lowest BCUT2D eigenvalue weighted by Crippen LogP contribution is -2.43. The van der Waals surface area contributed by atoms with Crippen LogP contribution in [0.15, 0.2) is 6.20 Å². The molecule has 0 radical (unpaired) electrons. The van der Waals surface area contributed by atoms with E-state index in [4.69, 9.17) is 11.6 Å². The number of aromatic nitrogens is 1. The lowest BCUT2D eigenvalue weighted by Gasteiger charge is -2.26. The second-order valence-electron chi connectivity index (χ2n) is 3.12. The summed E-state index contributed by atoms with van der Waals surface area (Å²) >= 11 is 9.29. The standard InChI is InChI=1S/C8H11ClN2S2/c9-8-11-3-7(13-8)5-12-4-6-1-10-2-6/h3,6,10H,1-2,4-5H2. The molecule has 0 aliphatic carbocycles. The molecule has 2 heterocycles. The molecule has 0 saturated carbocycles. The van der Waals surface area contributed by atoms with Crippen LogP contribution in [0.5, 0.6) is 0 Å². The van der Waals surface area contributed by atoms with Crippen LogP contribution in [0.4, 0.5) is 0 Å². The van der Waals surface area contributed by atoms with Crippen LogP contribution >= 0.6 is 34.7 Å². The predicted octanol–water partition coefficient (Wildman–Crippen LogP) is 2.25. The van der Waals surface area contributed by atoms with E-state index in [1.807, 2.05) is 18.0 Å². The largest absolute Gasteiger partial charge is 0.316 e. The van der Waals surface area contributed by atoms with Crippen LogP contribution in [0.2, 0.25) is 4.47 Å². The molecule has 13 heavy (non-hydrogen) atoms. The Hall–Kier alpha value is 0.230. The van der Waals surface area contributed by atoms with Gasteiger partial charge in [-0.3, -0.25) is 0 Å². The third kappa shape index (κ3) is 2.84. The van der Waals surface area contributed by atoms with Crippen molar-refractivity contribution < 1.29 is 0 Å². The Morgan fingerprint density at radius 1 is 1.69 bits per heavy atom. The van der Waals surface area contributed by atoms with E-state index in [-0.39, 0.29) is 0 Å². The van der Waals surface area contributed by atoms with Crippen molar-refractivity contribution in [1.29, 1.82) is 0 Å². The highest BCUT2D eigenvalue weighted by molar-refractivity contribution is 7.98. The predicted molar refractivity (Wildman–Crippen MR) is 59.6 cm³/mol. The molecule has 1 aromatic rings. The summed E-state index contributed by atoms with van der Waals surface area (Å²) in [7, 11) is 0. The number of thioether (sulfide) groups is 1. The van der Waals surface area contributed by atoms with Crippen molar-refractivity contribution in [3.05, 3.63) is 15.5 Å². The first-order chi connectivity index (χ1) is 6.34. The zero-order valence-corrected chi connectivity index (χ0v) is 9.51. The normalized spacial score (nSPS) is 17.3. The lowest BCUT2D eigenvalue weighted by atomic mass is 10.1. The maximum atomic E-state index is 5.73. The van der Waals surface area contributed by atoms with Crippen LogP contribution in [0.25, 0.3) is 0 Å². The fourth-order valence-electron chi connectivity index (χ4n) is 1.14. The molecule has 1 aliphatic heterocycles. The average molecular weight is 235 g/mol. The zero-order valence-electron chi connectivity index (χ0n) is 7.12. The molecule has 2 nitrogen and oxygen atoms in total. The first kappa shape index (κ1) is 9.77.